The van der Waals surface area contributed by atoms with Gasteiger partial charge in [0.2, 0.25) is 10.0 Å². The second-order valence-electron chi connectivity index (χ2n) is 7.08. The number of hydrogen-bond acceptors (Lipinski definition) is 2. The first-order chi connectivity index (χ1) is 13.6. The van der Waals surface area contributed by atoms with E-state index in [0.29, 0.717) is 17.4 Å². The van der Waals surface area contributed by atoms with Crippen LogP contribution in [0.15, 0.2) is 89.8 Å². The molecule has 1 N–H and O–H groups in total. The molecule has 0 spiro atoms. The van der Waals surface area contributed by atoms with Gasteiger partial charge in [0.05, 0.1) is 4.90 Å². The Kier molecular flexibility index (Phi) is 7.01. The zero-order valence-electron chi connectivity index (χ0n) is 16.2. The van der Waals surface area contributed by atoms with Crippen molar-refractivity contribution in [3.8, 4) is 0 Å². The molecule has 3 aromatic rings. The van der Waals surface area contributed by atoms with Crippen LogP contribution in [0.25, 0.3) is 0 Å². The number of nitrogens with one attached hydrogen (secondary N) is 1. The molecule has 28 heavy (non-hydrogen) atoms. The summed E-state index contributed by atoms with van der Waals surface area (Å²) in [6.45, 7) is 2.40. The first kappa shape index (κ1) is 20.3. The van der Waals surface area contributed by atoms with Gasteiger partial charge in [-0.15, -0.1) is 0 Å². The van der Waals surface area contributed by atoms with Crippen LogP contribution >= 0.6 is 0 Å². The average Bonchev–Trinajstić information content (AvgIpc) is 2.72. The molecule has 0 atom stereocenters. The normalized spacial score (nSPS) is 11.6. The number of rotatable bonds is 9. The highest BCUT2D eigenvalue weighted by molar-refractivity contribution is 7.89. The molecule has 0 fully saturated rings. The van der Waals surface area contributed by atoms with Crippen molar-refractivity contribution in [1.29, 1.82) is 0 Å². The monoisotopic (exact) mass is 393 g/mol. The van der Waals surface area contributed by atoms with Crippen molar-refractivity contribution in [2.24, 2.45) is 0 Å². The minimum atomic E-state index is -3.43. The Morgan fingerprint density at radius 2 is 1.29 bits per heavy atom. The van der Waals surface area contributed by atoms with Crippen LogP contribution in [0.1, 0.15) is 41.9 Å². The van der Waals surface area contributed by atoms with E-state index < -0.39 is 10.0 Å². The molecule has 4 heteroatoms. The molecule has 0 bridgehead atoms. The molecule has 0 aliphatic heterocycles. The topological polar surface area (TPSA) is 46.2 Å². The third-order valence-corrected chi connectivity index (χ3v) is 6.42. The molecule has 0 saturated heterocycles. The van der Waals surface area contributed by atoms with Crippen LogP contribution < -0.4 is 4.72 Å². The predicted molar refractivity (Wildman–Crippen MR) is 115 cm³/mol. The third kappa shape index (κ3) is 5.54. The lowest BCUT2D eigenvalue weighted by atomic mass is 9.87. The molecule has 0 aromatic heterocycles. The van der Waals surface area contributed by atoms with Gasteiger partial charge >= 0.3 is 0 Å². The van der Waals surface area contributed by atoms with Crippen LogP contribution in [0.3, 0.4) is 0 Å². The van der Waals surface area contributed by atoms with E-state index in [1.165, 1.54) is 11.1 Å². The predicted octanol–water partition coefficient (Wildman–Crippen LogP) is 5.28. The Hall–Kier alpha value is -2.43. The number of benzene rings is 3. The minimum absolute atomic E-state index is 0.324. The number of hydrogen-bond donors (Lipinski definition) is 1. The summed E-state index contributed by atoms with van der Waals surface area (Å²) in [5.41, 5.74) is 3.65. The van der Waals surface area contributed by atoms with Gasteiger partial charge in [-0.1, -0.05) is 84.8 Å². The Morgan fingerprint density at radius 3 is 1.82 bits per heavy atom. The molecule has 0 saturated carbocycles. The van der Waals surface area contributed by atoms with Crippen LogP contribution in [0, 0.1) is 6.92 Å². The van der Waals surface area contributed by atoms with Gasteiger partial charge in [0, 0.05) is 12.5 Å². The first-order valence-electron chi connectivity index (χ1n) is 9.72. The van der Waals surface area contributed by atoms with E-state index in [1.807, 2.05) is 31.2 Å². The van der Waals surface area contributed by atoms with Crippen LogP contribution in [-0.2, 0) is 10.0 Å². The number of aryl methyl sites for hydroxylation is 1. The molecule has 0 unspecified atom stereocenters. The maximum absolute atomic E-state index is 12.4. The highest BCUT2D eigenvalue weighted by atomic mass is 32.2. The van der Waals surface area contributed by atoms with E-state index >= 15 is 0 Å². The molecule has 3 nitrogen and oxygen atoms in total. The molecule has 0 amide bonds. The van der Waals surface area contributed by atoms with Crippen molar-refractivity contribution in [1.82, 2.24) is 4.72 Å². The van der Waals surface area contributed by atoms with Crippen LogP contribution in [-0.4, -0.2) is 15.0 Å². The smallest absolute Gasteiger partial charge is 0.211 e. The highest BCUT2D eigenvalue weighted by Gasteiger charge is 2.15. The molecule has 0 heterocycles. The molecule has 0 aliphatic rings. The van der Waals surface area contributed by atoms with Gasteiger partial charge in [0.25, 0.3) is 0 Å². The molecule has 0 radical (unpaired) electrons. The Morgan fingerprint density at radius 1 is 0.750 bits per heavy atom. The zero-order chi connectivity index (χ0) is 19.8. The van der Waals surface area contributed by atoms with E-state index in [9.17, 15) is 8.42 Å². The summed E-state index contributed by atoms with van der Waals surface area (Å²) in [4.78, 5) is 0.324. The summed E-state index contributed by atoms with van der Waals surface area (Å²) in [6, 6.07) is 27.9. The lowest BCUT2D eigenvalue weighted by molar-refractivity contribution is 0.569. The van der Waals surface area contributed by atoms with Crippen molar-refractivity contribution < 1.29 is 8.42 Å². The van der Waals surface area contributed by atoms with Crippen LogP contribution in [0.5, 0.6) is 0 Å². The van der Waals surface area contributed by atoms with E-state index in [0.717, 1.165) is 24.8 Å². The third-order valence-electron chi connectivity index (χ3n) is 4.95. The SMILES string of the molecule is Cc1ccc(S(=O)(=O)NCCCCC(c2ccccc2)c2ccccc2)cc1. The lowest BCUT2D eigenvalue weighted by Gasteiger charge is -2.18. The van der Waals surface area contributed by atoms with E-state index in [1.54, 1.807) is 12.1 Å². The molecule has 0 aliphatic carbocycles. The second kappa shape index (κ2) is 9.67. The van der Waals surface area contributed by atoms with Crippen molar-refractivity contribution in [3.05, 3.63) is 102 Å². The largest absolute Gasteiger partial charge is 0.240 e. The fourth-order valence-electron chi connectivity index (χ4n) is 3.38. The molecule has 146 valence electrons. The average molecular weight is 394 g/mol. The highest BCUT2D eigenvalue weighted by Crippen LogP contribution is 2.29. The zero-order valence-corrected chi connectivity index (χ0v) is 17.0. The summed E-state index contributed by atoms with van der Waals surface area (Å²) < 4.78 is 27.5. The fraction of sp³-hybridized carbons (Fsp3) is 0.250. The van der Waals surface area contributed by atoms with Gasteiger partial charge in [-0.3, -0.25) is 0 Å². The van der Waals surface area contributed by atoms with Crippen molar-refractivity contribution in [2.45, 2.75) is 37.0 Å². The number of unbranched alkanes of at least 4 members (excludes halogenated alkanes) is 1. The van der Waals surface area contributed by atoms with Gasteiger partial charge in [0.15, 0.2) is 0 Å². The minimum Gasteiger partial charge on any atom is -0.211 e. The van der Waals surface area contributed by atoms with Gasteiger partial charge in [-0.2, -0.15) is 0 Å². The van der Waals surface area contributed by atoms with Crippen molar-refractivity contribution in [3.63, 3.8) is 0 Å². The standard InChI is InChI=1S/C24H27NO2S/c1-20-15-17-23(18-16-20)28(26,27)25-19-9-8-14-24(21-10-4-2-5-11-21)22-12-6-3-7-13-22/h2-7,10-13,15-18,24-25H,8-9,14,19H2,1H3. The lowest BCUT2D eigenvalue weighted by Crippen LogP contribution is -2.24. The van der Waals surface area contributed by atoms with E-state index in [2.05, 4.69) is 53.3 Å². The second-order valence-corrected chi connectivity index (χ2v) is 8.85. The Balaban J connectivity index is 1.56. The molecule has 3 rings (SSSR count). The summed E-state index contributed by atoms with van der Waals surface area (Å²) in [7, 11) is -3.43. The van der Waals surface area contributed by atoms with E-state index in [4.69, 9.17) is 0 Å². The van der Waals surface area contributed by atoms with Gasteiger partial charge in [0.1, 0.15) is 0 Å². The van der Waals surface area contributed by atoms with Crippen molar-refractivity contribution in [2.75, 3.05) is 6.54 Å². The van der Waals surface area contributed by atoms with E-state index in [-0.39, 0.29) is 0 Å². The summed E-state index contributed by atoms with van der Waals surface area (Å²) in [5.74, 6) is 0.330. The summed E-state index contributed by atoms with van der Waals surface area (Å²) in [5, 5.41) is 0. The fourth-order valence-corrected chi connectivity index (χ4v) is 4.45. The Labute approximate surface area is 168 Å². The maximum Gasteiger partial charge on any atom is 0.240 e. The molecule has 3 aromatic carbocycles. The van der Waals surface area contributed by atoms with Crippen LogP contribution in [0.4, 0.5) is 0 Å². The van der Waals surface area contributed by atoms with Crippen molar-refractivity contribution >= 4 is 10.0 Å². The van der Waals surface area contributed by atoms with Gasteiger partial charge < -0.3 is 0 Å². The quantitative estimate of drug-likeness (QED) is 0.503. The maximum atomic E-state index is 12.4. The van der Waals surface area contributed by atoms with Crippen LogP contribution in [0.2, 0.25) is 0 Å². The Bertz CT molecular complexity index is 913. The summed E-state index contributed by atoms with van der Waals surface area (Å²) >= 11 is 0. The summed E-state index contributed by atoms with van der Waals surface area (Å²) in [6.07, 6.45) is 2.74. The van der Waals surface area contributed by atoms with Gasteiger partial charge in [-0.05, 0) is 43.0 Å². The number of sulfonamides is 1. The van der Waals surface area contributed by atoms with Gasteiger partial charge in [-0.25, -0.2) is 13.1 Å². The first-order valence-corrected chi connectivity index (χ1v) is 11.2. The molecular weight excluding hydrogens is 366 g/mol. The molecular formula is C24H27NO2S.